The van der Waals surface area contributed by atoms with Crippen LogP contribution in [0.1, 0.15) is 39.2 Å². The highest BCUT2D eigenvalue weighted by Gasteiger charge is 2.30. The first kappa shape index (κ1) is 25.2. The van der Waals surface area contributed by atoms with Gasteiger partial charge in [0.05, 0.1) is 23.3 Å². The Labute approximate surface area is 213 Å². The predicted molar refractivity (Wildman–Crippen MR) is 138 cm³/mol. The minimum Gasteiger partial charge on any atom is -0.465 e. The molecule has 0 spiro atoms. The summed E-state index contributed by atoms with van der Waals surface area (Å²) in [5.74, 6) is -1.09. The van der Waals surface area contributed by atoms with Crippen molar-refractivity contribution in [3.8, 4) is 0 Å². The first-order valence-electron chi connectivity index (χ1n) is 11.1. The molecule has 0 saturated carbocycles. The molecule has 0 bridgehead atoms. The van der Waals surface area contributed by atoms with Gasteiger partial charge in [-0.25, -0.2) is 13.2 Å². The topological polar surface area (TPSA) is 92.8 Å². The molecule has 7 nitrogen and oxygen atoms in total. The first-order chi connectivity index (χ1) is 16.7. The zero-order valence-electron chi connectivity index (χ0n) is 19.3. The van der Waals surface area contributed by atoms with Gasteiger partial charge in [-0.3, -0.25) is 9.10 Å². The normalized spacial score (nSPS) is 13.1. The van der Waals surface area contributed by atoms with Crippen LogP contribution in [0.4, 0.5) is 10.7 Å². The molecule has 0 atom stereocenters. The summed E-state index contributed by atoms with van der Waals surface area (Å²) in [5.41, 5.74) is 2.43. The molecule has 1 amide bonds. The minimum atomic E-state index is -4.08. The van der Waals surface area contributed by atoms with Gasteiger partial charge in [0, 0.05) is 9.90 Å². The molecule has 1 aliphatic rings. The van der Waals surface area contributed by atoms with Crippen LogP contribution >= 0.6 is 22.9 Å². The summed E-state index contributed by atoms with van der Waals surface area (Å²) in [4.78, 5) is 26.8. The zero-order valence-corrected chi connectivity index (χ0v) is 21.7. The first-order valence-corrected chi connectivity index (χ1v) is 13.7. The Bertz CT molecular complexity index is 1370. The fourth-order valence-electron chi connectivity index (χ4n) is 4.05. The van der Waals surface area contributed by atoms with Crippen LogP contribution in [0.3, 0.4) is 0 Å². The van der Waals surface area contributed by atoms with Crippen molar-refractivity contribution in [1.82, 2.24) is 0 Å². The second-order valence-electron chi connectivity index (χ2n) is 8.26. The van der Waals surface area contributed by atoms with Crippen LogP contribution in [0.15, 0.2) is 53.4 Å². The van der Waals surface area contributed by atoms with E-state index in [9.17, 15) is 18.0 Å². The number of sulfonamides is 1. The lowest BCUT2D eigenvalue weighted by Gasteiger charge is -2.24. The van der Waals surface area contributed by atoms with E-state index in [-0.39, 0.29) is 10.6 Å². The Kier molecular flexibility index (Phi) is 7.49. The summed E-state index contributed by atoms with van der Waals surface area (Å²) in [5, 5.41) is 3.49. The summed E-state index contributed by atoms with van der Waals surface area (Å²) in [6, 6.07) is 12.7. The van der Waals surface area contributed by atoms with E-state index in [2.05, 4.69) is 5.32 Å². The second-order valence-corrected chi connectivity index (χ2v) is 11.7. The van der Waals surface area contributed by atoms with Gasteiger partial charge in [0.2, 0.25) is 5.91 Å². The van der Waals surface area contributed by atoms with E-state index in [1.807, 2.05) is 6.92 Å². The standard InChI is InChI=1S/C25H25ClN2O5S2/c1-16-10-12-19(13-11-16)35(31,32)28(18-7-5-6-17(26)14-18)15-22(29)27-24-23(25(30)33-2)20-8-3-4-9-21(20)34-24/h5-7,10-14H,3-4,8-9,15H2,1-2H3,(H,27,29). The van der Waals surface area contributed by atoms with Gasteiger partial charge in [0.25, 0.3) is 10.0 Å². The van der Waals surface area contributed by atoms with Crippen LogP contribution in [-0.2, 0) is 32.4 Å². The van der Waals surface area contributed by atoms with Crippen LogP contribution in [0.2, 0.25) is 5.02 Å². The summed E-state index contributed by atoms with van der Waals surface area (Å²) in [6.07, 6.45) is 3.54. The van der Waals surface area contributed by atoms with Crippen molar-refractivity contribution in [2.45, 2.75) is 37.5 Å². The van der Waals surface area contributed by atoms with Gasteiger partial charge in [-0.2, -0.15) is 0 Å². The lowest BCUT2D eigenvalue weighted by molar-refractivity contribution is -0.114. The van der Waals surface area contributed by atoms with Crippen LogP contribution in [0.5, 0.6) is 0 Å². The molecule has 0 unspecified atom stereocenters. The summed E-state index contributed by atoms with van der Waals surface area (Å²) in [7, 11) is -2.78. The molecule has 2 aromatic carbocycles. The number of benzene rings is 2. The van der Waals surface area contributed by atoms with E-state index >= 15 is 0 Å². The third-order valence-corrected chi connectivity index (χ3v) is 9.04. The van der Waals surface area contributed by atoms with Crippen molar-refractivity contribution in [2.24, 2.45) is 0 Å². The van der Waals surface area contributed by atoms with Crippen LogP contribution in [0.25, 0.3) is 0 Å². The third kappa shape index (κ3) is 5.37. The molecule has 1 aliphatic carbocycles. The number of nitrogens with zero attached hydrogens (tertiary/aromatic N) is 1. The third-order valence-electron chi connectivity index (χ3n) is 5.81. The molecule has 0 radical (unpaired) electrons. The molecule has 35 heavy (non-hydrogen) atoms. The number of fused-ring (bicyclic) bond motifs is 1. The number of carbonyl (C=O) groups is 2. The van der Waals surface area contributed by atoms with Gasteiger partial charge in [-0.05, 0) is 68.5 Å². The van der Waals surface area contributed by atoms with Gasteiger partial charge in [-0.1, -0.05) is 35.4 Å². The highest BCUT2D eigenvalue weighted by molar-refractivity contribution is 7.92. The predicted octanol–water partition coefficient (Wildman–Crippen LogP) is 5.21. The fraction of sp³-hybridized carbons (Fsp3) is 0.280. The molecule has 1 N–H and O–H groups in total. The fourth-order valence-corrected chi connectivity index (χ4v) is 6.94. The highest BCUT2D eigenvalue weighted by Crippen LogP contribution is 2.38. The van der Waals surface area contributed by atoms with Crippen LogP contribution in [-0.4, -0.2) is 33.9 Å². The molecule has 184 valence electrons. The Morgan fingerprint density at radius 2 is 1.83 bits per heavy atom. The Morgan fingerprint density at radius 1 is 1.11 bits per heavy atom. The lowest BCUT2D eigenvalue weighted by atomic mass is 9.95. The lowest BCUT2D eigenvalue weighted by Crippen LogP contribution is -2.38. The molecule has 1 heterocycles. The minimum absolute atomic E-state index is 0.0534. The van der Waals surface area contributed by atoms with Crippen LogP contribution in [0, 0.1) is 6.92 Å². The number of halogens is 1. The number of hydrogen-bond donors (Lipinski definition) is 1. The van der Waals surface area contributed by atoms with E-state index in [1.165, 1.54) is 36.6 Å². The maximum absolute atomic E-state index is 13.6. The molecule has 0 fully saturated rings. The average molecular weight is 533 g/mol. The van der Waals surface area contributed by atoms with Crippen molar-refractivity contribution in [3.05, 3.63) is 75.1 Å². The molecule has 4 rings (SSSR count). The zero-order chi connectivity index (χ0) is 25.2. The van der Waals surface area contributed by atoms with E-state index < -0.39 is 28.4 Å². The molecular formula is C25H25ClN2O5S2. The number of amides is 1. The summed E-state index contributed by atoms with van der Waals surface area (Å²) < 4.78 is 33.1. The van der Waals surface area contributed by atoms with Gasteiger partial charge in [-0.15, -0.1) is 11.3 Å². The van der Waals surface area contributed by atoms with E-state index in [0.717, 1.165) is 46.0 Å². The van der Waals surface area contributed by atoms with Crippen molar-refractivity contribution >= 4 is 55.5 Å². The molecular weight excluding hydrogens is 508 g/mol. The molecule has 10 heteroatoms. The number of esters is 1. The smallest absolute Gasteiger partial charge is 0.341 e. The van der Waals surface area contributed by atoms with E-state index in [0.29, 0.717) is 15.6 Å². The van der Waals surface area contributed by atoms with E-state index in [4.69, 9.17) is 16.3 Å². The number of hydrogen-bond acceptors (Lipinski definition) is 6. The van der Waals surface area contributed by atoms with Crippen molar-refractivity contribution in [2.75, 3.05) is 23.3 Å². The number of methoxy groups -OCH3 is 1. The summed E-state index contributed by atoms with van der Waals surface area (Å²) >= 11 is 7.47. The van der Waals surface area contributed by atoms with Crippen molar-refractivity contribution in [3.63, 3.8) is 0 Å². The molecule has 0 saturated heterocycles. The number of thiophene rings is 1. The average Bonchev–Trinajstić information content (AvgIpc) is 3.20. The Morgan fingerprint density at radius 3 is 2.51 bits per heavy atom. The van der Waals surface area contributed by atoms with Gasteiger partial charge in [0.15, 0.2) is 0 Å². The monoisotopic (exact) mass is 532 g/mol. The number of anilines is 2. The second kappa shape index (κ2) is 10.4. The Hall–Kier alpha value is -2.88. The number of nitrogens with one attached hydrogen (secondary N) is 1. The van der Waals surface area contributed by atoms with E-state index in [1.54, 1.807) is 30.3 Å². The van der Waals surface area contributed by atoms with Crippen molar-refractivity contribution in [1.29, 1.82) is 0 Å². The quantitative estimate of drug-likeness (QED) is 0.422. The number of ether oxygens (including phenoxy) is 1. The van der Waals surface area contributed by atoms with Crippen LogP contribution < -0.4 is 9.62 Å². The van der Waals surface area contributed by atoms with Gasteiger partial charge < -0.3 is 10.1 Å². The maximum atomic E-state index is 13.6. The van der Waals surface area contributed by atoms with Gasteiger partial charge in [0.1, 0.15) is 11.5 Å². The summed E-state index contributed by atoms with van der Waals surface area (Å²) in [6.45, 7) is 1.36. The number of carbonyl (C=O) groups excluding carboxylic acids is 2. The highest BCUT2D eigenvalue weighted by atomic mass is 35.5. The molecule has 3 aromatic rings. The van der Waals surface area contributed by atoms with Crippen molar-refractivity contribution < 1.29 is 22.7 Å². The number of aryl methyl sites for hydroxylation is 2. The Balaban J connectivity index is 1.68. The number of rotatable bonds is 7. The molecule has 0 aliphatic heterocycles. The van der Waals surface area contributed by atoms with Gasteiger partial charge >= 0.3 is 5.97 Å². The maximum Gasteiger partial charge on any atom is 0.341 e. The largest absolute Gasteiger partial charge is 0.465 e. The SMILES string of the molecule is COC(=O)c1c(NC(=O)CN(c2cccc(Cl)c2)S(=O)(=O)c2ccc(C)cc2)sc2c1CCCC2. The molecule has 1 aromatic heterocycles.